The normalized spacial score (nSPS) is 18.2. The van der Waals surface area contributed by atoms with Crippen LogP contribution in [0.5, 0.6) is 0 Å². The van der Waals surface area contributed by atoms with Crippen molar-refractivity contribution >= 4 is 5.97 Å². The van der Waals surface area contributed by atoms with Gasteiger partial charge < -0.3 is 9.90 Å². The number of carbonyl (C=O) groups excluding carboxylic acids is 1. The Morgan fingerprint density at radius 1 is 1.46 bits per heavy atom. The first-order valence-corrected chi connectivity index (χ1v) is 4.13. The molecule has 0 amide bonds. The van der Waals surface area contributed by atoms with E-state index in [9.17, 15) is 14.3 Å². The van der Waals surface area contributed by atoms with Crippen LogP contribution < -0.4 is 5.11 Å². The van der Waals surface area contributed by atoms with E-state index >= 15 is 0 Å². The zero-order valence-electron chi connectivity index (χ0n) is 6.92. The Morgan fingerprint density at radius 2 is 2.15 bits per heavy atom. The van der Waals surface area contributed by atoms with Gasteiger partial charge in [-0.05, 0) is 30.5 Å². The van der Waals surface area contributed by atoms with Crippen molar-refractivity contribution in [3.8, 4) is 0 Å². The fraction of sp³-hybridized carbons (Fsp3) is 0.300. The van der Waals surface area contributed by atoms with Crippen LogP contribution in [0.25, 0.3) is 0 Å². The maximum atomic E-state index is 12.8. The van der Waals surface area contributed by atoms with Gasteiger partial charge in [0.15, 0.2) is 0 Å². The summed E-state index contributed by atoms with van der Waals surface area (Å²) in [5.74, 6) is -1.50. The van der Waals surface area contributed by atoms with Crippen molar-refractivity contribution in [3.63, 3.8) is 0 Å². The molecule has 0 spiro atoms. The Labute approximate surface area is 75.0 Å². The van der Waals surface area contributed by atoms with Gasteiger partial charge in [-0.25, -0.2) is 4.39 Å². The quantitative estimate of drug-likeness (QED) is 0.667. The molecule has 0 atom stereocenters. The average molecular weight is 179 g/mol. The summed E-state index contributed by atoms with van der Waals surface area (Å²) in [5, 5.41) is 10.8. The number of benzene rings is 1. The van der Waals surface area contributed by atoms with Crippen LogP contribution in [-0.4, -0.2) is 5.97 Å². The first-order chi connectivity index (χ1) is 6.15. The Hall–Kier alpha value is -1.38. The standard InChI is InChI=1S/C10H9FO2/c11-8-3-1-2-7(6-8)10(4-5-10)9(12)13/h1-3,6H,4-5H2,(H,12,13)/p-1. The van der Waals surface area contributed by atoms with E-state index in [1.807, 2.05) is 0 Å². The minimum atomic E-state index is -1.10. The smallest absolute Gasteiger partial charge is 0.123 e. The number of carboxylic acid groups (broad SMARTS) is 1. The highest BCUT2D eigenvalue weighted by atomic mass is 19.1. The molecule has 3 heteroatoms. The van der Waals surface area contributed by atoms with E-state index in [0.29, 0.717) is 18.4 Å². The summed E-state index contributed by atoms with van der Waals surface area (Å²) in [6.07, 6.45) is 1.11. The topological polar surface area (TPSA) is 40.1 Å². The molecule has 2 nitrogen and oxygen atoms in total. The zero-order chi connectivity index (χ0) is 9.47. The molecule has 1 aliphatic rings. The molecule has 1 saturated carbocycles. The number of halogens is 1. The molecule has 1 fully saturated rings. The fourth-order valence-electron chi connectivity index (χ4n) is 1.52. The van der Waals surface area contributed by atoms with Crippen molar-refractivity contribution in [1.29, 1.82) is 0 Å². The maximum absolute atomic E-state index is 12.8. The van der Waals surface area contributed by atoms with E-state index in [-0.39, 0.29) is 0 Å². The van der Waals surface area contributed by atoms with Gasteiger partial charge in [-0.1, -0.05) is 12.1 Å². The van der Waals surface area contributed by atoms with Gasteiger partial charge in [0.2, 0.25) is 0 Å². The van der Waals surface area contributed by atoms with Crippen molar-refractivity contribution in [1.82, 2.24) is 0 Å². The predicted octanol–water partition coefficient (Wildman–Crippen LogP) is 0.607. The van der Waals surface area contributed by atoms with Gasteiger partial charge in [0.05, 0.1) is 5.97 Å². The van der Waals surface area contributed by atoms with Gasteiger partial charge in [-0.3, -0.25) is 0 Å². The zero-order valence-corrected chi connectivity index (χ0v) is 6.92. The highest BCUT2D eigenvalue weighted by molar-refractivity contribution is 5.83. The average Bonchev–Trinajstić information content (AvgIpc) is 2.83. The van der Waals surface area contributed by atoms with Crippen molar-refractivity contribution in [2.45, 2.75) is 18.3 Å². The minimum Gasteiger partial charge on any atom is -0.549 e. The monoisotopic (exact) mass is 179 g/mol. The maximum Gasteiger partial charge on any atom is 0.123 e. The van der Waals surface area contributed by atoms with E-state index in [1.165, 1.54) is 18.2 Å². The molecule has 0 bridgehead atoms. The Kier molecular flexibility index (Phi) is 1.62. The largest absolute Gasteiger partial charge is 0.549 e. The molecule has 0 radical (unpaired) electrons. The first kappa shape index (κ1) is 8.23. The highest BCUT2D eigenvalue weighted by Crippen LogP contribution is 2.47. The summed E-state index contributed by atoms with van der Waals surface area (Å²) in [5.41, 5.74) is -0.380. The molecule has 0 N–H and O–H groups in total. The van der Waals surface area contributed by atoms with Gasteiger partial charge in [0.25, 0.3) is 0 Å². The van der Waals surface area contributed by atoms with Gasteiger partial charge >= 0.3 is 0 Å². The number of hydrogen-bond acceptors (Lipinski definition) is 2. The third kappa shape index (κ3) is 1.20. The van der Waals surface area contributed by atoms with Crippen LogP contribution in [0.3, 0.4) is 0 Å². The number of hydrogen-bond donors (Lipinski definition) is 0. The van der Waals surface area contributed by atoms with E-state index in [0.717, 1.165) is 0 Å². The lowest BCUT2D eigenvalue weighted by Crippen LogP contribution is -2.35. The van der Waals surface area contributed by atoms with Gasteiger partial charge in [0.1, 0.15) is 5.82 Å². The Morgan fingerprint density at radius 3 is 2.62 bits per heavy atom. The summed E-state index contributed by atoms with van der Waals surface area (Å²) in [4.78, 5) is 10.8. The van der Waals surface area contributed by atoms with Crippen LogP contribution in [0.1, 0.15) is 18.4 Å². The molecule has 2 rings (SSSR count). The second kappa shape index (κ2) is 2.55. The highest BCUT2D eigenvalue weighted by Gasteiger charge is 2.45. The van der Waals surface area contributed by atoms with Crippen molar-refractivity contribution < 1.29 is 14.3 Å². The molecule has 68 valence electrons. The minimum absolute atomic E-state index is 0.398. The summed E-state index contributed by atoms with van der Waals surface area (Å²) >= 11 is 0. The molecule has 0 heterocycles. The second-order valence-corrected chi connectivity index (χ2v) is 3.38. The number of carbonyl (C=O) groups is 1. The third-order valence-corrected chi connectivity index (χ3v) is 2.52. The van der Waals surface area contributed by atoms with E-state index in [2.05, 4.69) is 0 Å². The fourth-order valence-corrected chi connectivity index (χ4v) is 1.52. The molecule has 1 aromatic rings. The van der Waals surface area contributed by atoms with Crippen LogP contribution >= 0.6 is 0 Å². The lowest BCUT2D eigenvalue weighted by Gasteiger charge is -2.16. The summed E-state index contributed by atoms with van der Waals surface area (Å²) in [7, 11) is 0. The van der Waals surface area contributed by atoms with Crippen molar-refractivity contribution in [2.24, 2.45) is 0 Å². The second-order valence-electron chi connectivity index (χ2n) is 3.38. The first-order valence-electron chi connectivity index (χ1n) is 4.13. The van der Waals surface area contributed by atoms with Crippen LogP contribution in [0.15, 0.2) is 24.3 Å². The molecule has 0 unspecified atom stereocenters. The van der Waals surface area contributed by atoms with Gasteiger partial charge in [-0.15, -0.1) is 0 Å². The van der Waals surface area contributed by atoms with E-state index in [1.54, 1.807) is 6.07 Å². The summed E-state index contributed by atoms with van der Waals surface area (Å²) < 4.78 is 12.8. The summed E-state index contributed by atoms with van der Waals surface area (Å²) in [6.45, 7) is 0. The molecular weight excluding hydrogens is 171 g/mol. The molecular formula is C10H8FO2-. The SMILES string of the molecule is O=C([O-])C1(c2cccc(F)c2)CC1. The Balaban J connectivity index is 2.41. The van der Waals surface area contributed by atoms with Crippen molar-refractivity contribution in [3.05, 3.63) is 35.6 Å². The van der Waals surface area contributed by atoms with Crippen LogP contribution in [0.4, 0.5) is 4.39 Å². The molecule has 1 aliphatic carbocycles. The Bertz CT molecular complexity index is 356. The summed E-state index contributed by atoms with van der Waals surface area (Å²) in [6, 6.07) is 5.72. The molecule has 0 aromatic heterocycles. The lowest BCUT2D eigenvalue weighted by molar-refractivity contribution is -0.309. The molecule has 0 saturated heterocycles. The van der Waals surface area contributed by atoms with Crippen molar-refractivity contribution in [2.75, 3.05) is 0 Å². The third-order valence-electron chi connectivity index (χ3n) is 2.52. The van der Waals surface area contributed by atoms with E-state index < -0.39 is 17.2 Å². The molecule has 1 aromatic carbocycles. The molecule has 13 heavy (non-hydrogen) atoms. The van der Waals surface area contributed by atoms with Crippen LogP contribution in [-0.2, 0) is 10.2 Å². The van der Waals surface area contributed by atoms with E-state index in [4.69, 9.17) is 0 Å². The number of carboxylic acids is 1. The predicted molar refractivity (Wildman–Crippen MR) is 42.3 cm³/mol. The molecule has 0 aliphatic heterocycles. The van der Waals surface area contributed by atoms with Crippen LogP contribution in [0.2, 0.25) is 0 Å². The number of aliphatic carboxylic acids is 1. The van der Waals surface area contributed by atoms with Crippen LogP contribution in [0, 0.1) is 5.82 Å². The lowest BCUT2D eigenvalue weighted by atomic mass is 9.96. The van der Waals surface area contributed by atoms with Gasteiger partial charge in [-0.2, -0.15) is 0 Å². The van der Waals surface area contributed by atoms with Gasteiger partial charge in [0, 0.05) is 5.41 Å². The number of rotatable bonds is 2.